The summed E-state index contributed by atoms with van der Waals surface area (Å²) < 4.78 is 5.60. The smallest absolute Gasteiger partial charge is 0.230 e. The molecule has 4 heteroatoms. The SMILES string of the molecule is CC(C)CC(N)c1ccc2c(c1)N(C)C(=O)CCO2. The molecule has 0 saturated heterocycles. The third kappa shape index (κ3) is 3.07. The van der Waals surface area contributed by atoms with E-state index in [1.165, 1.54) is 0 Å². The lowest BCUT2D eigenvalue weighted by atomic mass is 9.97. The van der Waals surface area contributed by atoms with Crippen molar-refractivity contribution in [3.05, 3.63) is 23.8 Å². The average molecular weight is 262 g/mol. The minimum Gasteiger partial charge on any atom is -0.491 e. The number of nitrogens with zero attached hydrogens (tertiary/aromatic N) is 1. The van der Waals surface area contributed by atoms with E-state index in [0.29, 0.717) is 18.9 Å². The highest BCUT2D eigenvalue weighted by molar-refractivity contribution is 5.95. The molecular formula is C15H22N2O2. The van der Waals surface area contributed by atoms with Crippen LogP contribution in [0.3, 0.4) is 0 Å². The van der Waals surface area contributed by atoms with Gasteiger partial charge < -0.3 is 15.4 Å². The molecule has 4 nitrogen and oxygen atoms in total. The average Bonchev–Trinajstić information content (AvgIpc) is 2.49. The van der Waals surface area contributed by atoms with Crippen LogP contribution in [0.15, 0.2) is 18.2 Å². The summed E-state index contributed by atoms with van der Waals surface area (Å²) in [5.74, 6) is 1.38. The molecule has 1 aliphatic rings. The van der Waals surface area contributed by atoms with E-state index in [1.54, 1.807) is 11.9 Å². The number of hydrogen-bond acceptors (Lipinski definition) is 3. The molecule has 0 aromatic heterocycles. The zero-order valence-electron chi connectivity index (χ0n) is 11.8. The summed E-state index contributed by atoms with van der Waals surface area (Å²) >= 11 is 0. The van der Waals surface area contributed by atoms with Crippen molar-refractivity contribution in [1.29, 1.82) is 0 Å². The Hall–Kier alpha value is -1.55. The number of ether oxygens (including phenoxy) is 1. The van der Waals surface area contributed by atoms with Crippen LogP contribution in [-0.2, 0) is 4.79 Å². The van der Waals surface area contributed by atoms with Crippen LogP contribution in [0.1, 0.15) is 38.3 Å². The van der Waals surface area contributed by atoms with Crippen LogP contribution in [0.25, 0.3) is 0 Å². The summed E-state index contributed by atoms with van der Waals surface area (Å²) in [4.78, 5) is 13.5. The highest BCUT2D eigenvalue weighted by atomic mass is 16.5. The largest absolute Gasteiger partial charge is 0.491 e. The van der Waals surface area contributed by atoms with Gasteiger partial charge in [-0.15, -0.1) is 0 Å². The Labute approximate surface area is 114 Å². The fraction of sp³-hybridized carbons (Fsp3) is 0.533. The number of amides is 1. The van der Waals surface area contributed by atoms with E-state index in [1.807, 2.05) is 18.2 Å². The molecule has 1 unspecified atom stereocenters. The first-order chi connectivity index (χ1) is 8.99. The lowest BCUT2D eigenvalue weighted by molar-refractivity contribution is -0.118. The third-order valence-corrected chi connectivity index (χ3v) is 3.45. The van der Waals surface area contributed by atoms with Crippen LogP contribution in [0.4, 0.5) is 5.69 Å². The quantitative estimate of drug-likeness (QED) is 0.910. The minimum atomic E-state index is -0.00273. The molecular weight excluding hydrogens is 240 g/mol. The second kappa shape index (κ2) is 5.61. The van der Waals surface area contributed by atoms with Gasteiger partial charge in [-0.1, -0.05) is 19.9 Å². The molecule has 0 fully saturated rings. The number of carbonyl (C=O) groups is 1. The summed E-state index contributed by atoms with van der Waals surface area (Å²) in [7, 11) is 1.79. The monoisotopic (exact) mass is 262 g/mol. The fourth-order valence-electron chi connectivity index (χ4n) is 2.34. The predicted octanol–water partition coefficient (Wildman–Crippen LogP) is 2.48. The minimum absolute atomic E-state index is 0.00273. The first kappa shape index (κ1) is 13.9. The van der Waals surface area contributed by atoms with Gasteiger partial charge in [0, 0.05) is 13.1 Å². The molecule has 1 aromatic carbocycles. The fourth-order valence-corrected chi connectivity index (χ4v) is 2.34. The van der Waals surface area contributed by atoms with Crippen molar-refractivity contribution >= 4 is 11.6 Å². The maximum Gasteiger partial charge on any atom is 0.230 e. The highest BCUT2D eigenvalue weighted by Gasteiger charge is 2.21. The van der Waals surface area contributed by atoms with E-state index in [4.69, 9.17) is 10.5 Å². The molecule has 104 valence electrons. The van der Waals surface area contributed by atoms with Gasteiger partial charge in [-0.2, -0.15) is 0 Å². The van der Waals surface area contributed by atoms with Gasteiger partial charge in [-0.3, -0.25) is 4.79 Å². The van der Waals surface area contributed by atoms with E-state index in [2.05, 4.69) is 13.8 Å². The maximum absolute atomic E-state index is 11.9. The van der Waals surface area contributed by atoms with Gasteiger partial charge in [0.15, 0.2) is 0 Å². The van der Waals surface area contributed by atoms with Gasteiger partial charge in [0.25, 0.3) is 0 Å². The Morgan fingerprint density at radius 1 is 1.42 bits per heavy atom. The number of fused-ring (bicyclic) bond motifs is 1. The zero-order valence-corrected chi connectivity index (χ0v) is 11.8. The molecule has 0 spiro atoms. The van der Waals surface area contributed by atoms with E-state index in [-0.39, 0.29) is 11.9 Å². The topological polar surface area (TPSA) is 55.6 Å². The zero-order chi connectivity index (χ0) is 14.0. The van der Waals surface area contributed by atoms with Gasteiger partial charge >= 0.3 is 0 Å². The number of rotatable bonds is 3. The van der Waals surface area contributed by atoms with Crippen molar-refractivity contribution in [1.82, 2.24) is 0 Å². The number of hydrogen-bond donors (Lipinski definition) is 1. The second-order valence-electron chi connectivity index (χ2n) is 5.51. The first-order valence-electron chi connectivity index (χ1n) is 6.78. The van der Waals surface area contributed by atoms with Crippen molar-refractivity contribution in [3.63, 3.8) is 0 Å². The van der Waals surface area contributed by atoms with Gasteiger partial charge in [0.2, 0.25) is 5.91 Å². The van der Waals surface area contributed by atoms with E-state index >= 15 is 0 Å². The van der Waals surface area contributed by atoms with Crippen molar-refractivity contribution in [2.45, 2.75) is 32.7 Å². The Balaban J connectivity index is 2.31. The van der Waals surface area contributed by atoms with Gasteiger partial charge in [-0.05, 0) is 30.0 Å². The van der Waals surface area contributed by atoms with Crippen LogP contribution in [0.2, 0.25) is 0 Å². The highest BCUT2D eigenvalue weighted by Crippen LogP contribution is 2.33. The van der Waals surface area contributed by atoms with Crippen LogP contribution in [0.5, 0.6) is 5.75 Å². The molecule has 1 aliphatic heterocycles. The van der Waals surface area contributed by atoms with Crippen LogP contribution >= 0.6 is 0 Å². The molecule has 1 aromatic rings. The molecule has 0 bridgehead atoms. The summed E-state index contributed by atoms with van der Waals surface area (Å²) in [6, 6.07) is 5.89. The van der Waals surface area contributed by atoms with Crippen molar-refractivity contribution in [3.8, 4) is 5.75 Å². The Bertz CT molecular complexity index is 471. The van der Waals surface area contributed by atoms with E-state index < -0.39 is 0 Å². The molecule has 1 atom stereocenters. The Morgan fingerprint density at radius 2 is 2.16 bits per heavy atom. The lowest BCUT2D eigenvalue weighted by Crippen LogP contribution is -2.25. The van der Waals surface area contributed by atoms with Crippen LogP contribution in [0, 0.1) is 5.92 Å². The standard InChI is InChI=1S/C15H22N2O2/c1-10(2)8-12(16)11-4-5-14-13(9-11)17(3)15(18)6-7-19-14/h4-5,9-10,12H,6-8,16H2,1-3H3. The third-order valence-electron chi connectivity index (χ3n) is 3.45. The van der Waals surface area contributed by atoms with Crippen molar-refractivity contribution < 1.29 is 9.53 Å². The molecule has 19 heavy (non-hydrogen) atoms. The number of anilines is 1. The molecule has 1 amide bonds. The maximum atomic E-state index is 11.9. The van der Waals surface area contributed by atoms with Crippen LogP contribution in [-0.4, -0.2) is 19.6 Å². The van der Waals surface area contributed by atoms with Crippen molar-refractivity contribution in [2.75, 3.05) is 18.6 Å². The molecule has 0 aliphatic carbocycles. The van der Waals surface area contributed by atoms with E-state index in [9.17, 15) is 4.79 Å². The molecule has 0 saturated carbocycles. The molecule has 2 rings (SSSR count). The van der Waals surface area contributed by atoms with Crippen LogP contribution < -0.4 is 15.4 Å². The van der Waals surface area contributed by atoms with Gasteiger partial charge in [0.05, 0.1) is 18.7 Å². The van der Waals surface area contributed by atoms with Gasteiger partial charge in [0.1, 0.15) is 5.75 Å². The number of benzene rings is 1. The van der Waals surface area contributed by atoms with E-state index in [0.717, 1.165) is 23.4 Å². The molecule has 0 radical (unpaired) electrons. The normalized spacial score (nSPS) is 16.9. The Morgan fingerprint density at radius 3 is 2.84 bits per heavy atom. The van der Waals surface area contributed by atoms with Gasteiger partial charge in [-0.25, -0.2) is 0 Å². The summed E-state index contributed by atoms with van der Waals surface area (Å²) in [5.41, 5.74) is 8.08. The summed E-state index contributed by atoms with van der Waals surface area (Å²) in [5, 5.41) is 0. The number of nitrogens with two attached hydrogens (primary N) is 1. The lowest BCUT2D eigenvalue weighted by Gasteiger charge is -2.20. The second-order valence-corrected chi connectivity index (χ2v) is 5.51. The summed E-state index contributed by atoms with van der Waals surface area (Å²) in [6.07, 6.45) is 1.34. The first-order valence-corrected chi connectivity index (χ1v) is 6.78. The Kier molecular flexibility index (Phi) is 4.10. The summed E-state index contributed by atoms with van der Waals surface area (Å²) in [6.45, 7) is 4.75. The van der Waals surface area contributed by atoms with Crippen molar-refractivity contribution in [2.24, 2.45) is 11.7 Å². The molecule has 2 N–H and O–H groups in total. The predicted molar refractivity (Wildman–Crippen MR) is 76.3 cm³/mol. The number of carbonyl (C=O) groups excluding carboxylic acids is 1. The molecule has 1 heterocycles.